The van der Waals surface area contributed by atoms with E-state index in [4.69, 9.17) is 15.7 Å². The number of aromatic nitrogens is 2. The Labute approximate surface area is 509 Å². The van der Waals surface area contributed by atoms with Crippen molar-refractivity contribution in [3.05, 3.63) is 52.7 Å². The van der Waals surface area contributed by atoms with Crippen LogP contribution in [-0.2, 0) is 4.79 Å². The number of allylic oxidation sites excluding steroid dienone is 3. The molecule has 10 N–H and O–H groups in total. The van der Waals surface area contributed by atoms with Crippen molar-refractivity contribution in [1.82, 2.24) is 20.2 Å². The van der Waals surface area contributed by atoms with E-state index in [2.05, 4.69) is 46.0 Å². The van der Waals surface area contributed by atoms with Crippen LogP contribution in [0.4, 0.5) is 0 Å². The fourth-order valence-electron chi connectivity index (χ4n) is 25.3. The molecule has 9 saturated carbocycles. The number of imidazole rings is 1. The van der Waals surface area contributed by atoms with E-state index in [1.807, 2.05) is 36.4 Å². The summed E-state index contributed by atoms with van der Waals surface area (Å²) >= 11 is 0. The Balaban J connectivity index is 1.03. The summed E-state index contributed by atoms with van der Waals surface area (Å²) in [6.45, 7) is 7.00. The van der Waals surface area contributed by atoms with Gasteiger partial charge in [-0.15, -0.1) is 0 Å². The number of aliphatic hydroxyl groups is 6. The van der Waals surface area contributed by atoms with E-state index >= 15 is 9.90 Å². The van der Waals surface area contributed by atoms with Crippen LogP contribution in [0.1, 0.15) is 200 Å². The molecule has 13 nitrogen and oxygen atoms in total. The smallest absolute Gasteiger partial charge is 0.190 e. The third-order valence-electron chi connectivity index (χ3n) is 27.7. The van der Waals surface area contributed by atoms with Crippen molar-refractivity contribution >= 4 is 33.3 Å². The van der Waals surface area contributed by atoms with Gasteiger partial charge in [-0.3, -0.25) is 9.79 Å². The van der Waals surface area contributed by atoms with Gasteiger partial charge < -0.3 is 51.6 Å². The van der Waals surface area contributed by atoms with Gasteiger partial charge in [0.15, 0.2) is 11.7 Å². The van der Waals surface area contributed by atoms with E-state index in [9.17, 15) is 25.5 Å². The van der Waals surface area contributed by atoms with Gasteiger partial charge >= 0.3 is 0 Å². The summed E-state index contributed by atoms with van der Waals surface area (Å²) in [7, 11) is 5.97. The Morgan fingerprint density at radius 1 is 0.881 bits per heavy atom. The number of hydrogen-bond acceptors (Lipinski definition) is 12. The number of hydrogen-bond donors (Lipinski definition) is 9. The zero-order chi connectivity index (χ0) is 58.3. The Morgan fingerprint density at radius 2 is 1.62 bits per heavy atom. The third kappa shape index (κ3) is 8.54. The Hall–Kier alpha value is -2.21. The first-order valence-corrected chi connectivity index (χ1v) is 36.5. The van der Waals surface area contributed by atoms with Crippen molar-refractivity contribution in [3.63, 3.8) is 0 Å². The van der Waals surface area contributed by atoms with Crippen molar-refractivity contribution in [1.29, 1.82) is 0 Å². The molecule has 13 aliphatic rings. The predicted molar refractivity (Wildman–Crippen MR) is 333 cm³/mol. The standard InChI is InChI=1S/C69H104N6O7S2/c1-40(77)74-62(70)73-35-42-32-66(38-76)49-31-53(69(66,82)50-30-51(78)58-48(36-71-4)60(80)52(79)34-67(58,56(42)50)43-16-6-5-7-17-43)68(26-14-25-65(68)23-10-11-24-65)84-83-37-44(75-28-27-72-39-75)33-63(2,3)59-46-19-13-22-64(20-8-9-21-64)57(46)45-18-12-15-41-29-47(49)61(81)55(59)54(41)45/h27-28,30,39-44,47-49,52-53,55-58,60-61,71,76-77,79-82H,5-26,29,31-38H2,1-4H3,(H3,70,73,74). The Morgan fingerprint density at radius 3 is 2.35 bits per heavy atom. The van der Waals surface area contributed by atoms with E-state index in [1.165, 1.54) is 44.1 Å². The first-order chi connectivity index (χ1) is 40.4. The van der Waals surface area contributed by atoms with Crippen LogP contribution in [0, 0.1) is 92.2 Å². The zero-order valence-electron chi connectivity index (χ0n) is 51.3. The van der Waals surface area contributed by atoms with Gasteiger partial charge in [0.1, 0.15) is 6.23 Å². The molecule has 3 spiro atoms. The molecule has 1 aromatic heterocycles. The number of aliphatic imine (C=N–C) groups is 1. The number of fused-ring (bicyclic) bond motifs is 16. The monoisotopic (exact) mass is 1190 g/mol. The van der Waals surface area contributed by atoms with Crippen molar-refractivity contribution < 1.29 is 35.4 Å². The minimum absolute atomic E-state index is 0.0305. The van der Waals surface area contributed by atoms with E-state index in [0.717, 1.165) is 127 Å². The number of carbonyl (C=O) groups is 1. The number of guanidine groups is 1. The third-order valence-corrected chi connectivity index (χ3v) is 31.2. The summed E-state index contributed by atoms with van der Waals surface area (Å²) in [6, 6.07) is 0.127. The summed E-state index contributed by atoms with van der Waals surface area (Å²) in [6.07, 6.45) is 31.8. The quantitative estimate of drug-likeness (QED) is 0.0390. The molecular formula is C69H104N6O7S2. The minimum atomic E-state index is -1.68. The topological polar surface area (TPSA) is 219 Å². The molecule has 0 aromatic carbocycles. The number of nitrogens with one attached hydrogen (secondary N) is 2. The Kier molecular flexibility index (Phi) is 15.6. The van der Waals surface area contributed by atoms with Crippen molar-refractivity contribution in [3.8, 4) is 0 Å². The van der Waals surface area contributed by atoms with Gasteiger partial charge in [0.2, 0.25) is 0 Å². The second kappa shape index (κ2) is 22.0. The second-order valence-electron chi connectivity index (χ2n) is 31.5. The minimum Gasteiger partial charge on any atom is -0.396 e. The number of nitrogens with zero attached hydrogens (tertiary/aromatic N) is 3. The summed E-state index contributed by atoms with van der Waals surface area (Å²) in [5.41, 5.74) is 10.2. The Bertz CT molecular complexity index is 2780. The molecular weight excluding hydrogens is 1090 g/mol. The van der Waals surface area contributed by atoms with Crippen LogP contribution in [0.5, 0.6) is 0 Å². The maximum atomic E-state index is 16.4. The highest BCUT2D eigenvalue weighted by Gasteiger charge is 2.80. The summed E-state index contributed by atoms with van der Waals surface area (Å²) in [5, 5.41) is 85.9. The van der Waals surface area contributed by atoms with Gasteiger partial charge in [-0.1, -0.05) is 109 Å². The van der Waals surface area contributed by atoms with Gasteiger partial charge in [-0.25, -0.2) is 4.98 Å². The van der Waals surface area contributed by atoms with E-state index in [-0.39, 0.29) is 89.1 Å². The molecule has 84 heavy (non-hydrogen) atoms. The van der Waals surface area contributed by atoms with Gasteiger partial charge in [0.05, 0.1) is 36.8 Å². The molecule has 12 aliphatic carbocycles. The molecule has 1 saturated heterocycles. The van der Waals surface area contributed by atoms with Gasteiger partial charge in [-0.05, 0) is 205 Å². The zero-order valence-corrected chi connectivity index (χ0v) is 52.9. The molecule has 19 unspecified atom stereocenters. The van der Waals surface area contributed by atoms with Crippen LogP contribution < -0.4 is 16.4 Å². The number of rotatable bonds is 8. The van der Waals surface area contributed by atoms with Crippen LogP contribution in [0.25, 0.3) is 0 Å². The highest BCUT2D eigenvalue weighted by atomic mass is 33.1. The number of ketones is 1. The fourth-order valence-corrected chi connectivity index (χ4v) is 29.6. The average molecular weight is 1190 g/mol. The van der Waals surface area contributed by atoms with Crippen LogP contribution in [-0.4, -0.2) is 119 Å². The molecule has 4 bridgehead atoms. The molecule has 14 rings (SSSR count). The van der Waals surface area contributed by atoms with E-state index < -0.39 is 63.5 Å². The molecule has 0 amide bonds. The predicted octanol–water partition coefficient (Wildman–Crippen LogP) is 10.4. The van der Waals surface area contributed by atoms with Crippen molar-refractivity contribution in [2.75, 3.05) is 32.5 Å². The molecule has 15 heteroatoms. The number of aliphatic hydroxyl groups excluding tert-OH is 5. The molecule has 464 valence electrons. The largest absolute Gasteiger partial charge is 0.396 e. The maximum absolute atomic E-state index is 16.4. The first-order valence-electron chi connectivity index (χ1n) is 34.2. The highest BCUT2D eigenvalue weighted by molar-refractivity contribution is 8.77. The number of nitrogens with two attached hydrogens (primary N) is 1. The summed E-state index contributed by atoms with van der Waals surface area (Å²) < 4.78 is 1.96. The van der Waals surface area contributed by atoms with Crippen molar-refractivity contribution in [2.24, 2.45) is 103 Å². The SMILES string of the molecule is CNCC1C(O)C(O)CC2(C3CCCCC3)C3C(=CC(=O)C12)C1(O)C2CC(C4CC5CCCC6=C5C(C(=C5CCCC7(CCCC7)C65)C(C)(C)CC(n5ccnc5)CSSC25CCCC52CCCC2)C4O)C1(CO)CC3CN=C(N)NC(C)O. The van der Waals surface area contributed by atoms with Crippen molar-refractivity contribution in [2.45, 2.75) is 235 Å². The number of carbonyl (C=O) groups excluding carboxylic acids is 1. The molecule has 1 aliphatic heterocycles. The molecule has 1 aromatic rings. The lowest BCUT2D eigenvalue weighted by molar-refractivity contribution is -0.215. The van der Waals surface area contributed by atoms with Crippen LogP contribution >= 0.6 is 21.6 Å². The lowest BCUT2D eigenvalue weighted by Crippen LogP contribution is -2.72. The van der Waals surface area contributed by atoms with E-state index in [0.29, 0.717) is 31.2 Å². The lowest BCUT2D eigenvalue weighted by Gasteiger charge is -2.68. The average Bonchev–Trinajstić information content (AvgIpc) is 1.35. The van der Waals surface area contributed by atoms with Crippen LogP contribution in [0.3, 0.4) is 0 Å². The molecule has 10 fully saturated rings. The molecule has 19 atom stereocenters. The second-order valence-corrected chi connectivity index (χ2v) is 34.1. The lowest BCUT2D eigenvalue weighted by atomic mass is 9.37. The van der Waals surface area contributed by atoms with Gasteiger partial charge in [-0.2, -0.15) is 0 Å². The fraction of sp³-hybridized carbons (Fsp3) is 0.841. The molecule has 0 radical (unpaired) electrons. The van der Waals surface area contributed by atoms with E-state index in [1.54, 1.807) is 23.6 Å². The summed E-state index contributed by atoms with van der Waals surface area (Å²) in [5.74, 6) is -1.31. The summed E-state index contributed by atoms with van der Waals surface area (Å²) in [4.78, 5) is 26.3. The maximum Gasteiger partial charge on any atom is 0.190 e. The van der Waals surface area contributed by atoms with Crippen LogP contribution in [0.15, 0.2) is 57.7 Å². The highest BCUT2D eigenvalue weighted by Crippen LogP contribution is 2.81. The molecule has 2 heterocycles. The van der Waals surface area contributed by atoms with Crippen LogP contribution in [0.2, 0.25) is 0 Å². The van der Waals surface area contributed by atoms with Gasteiger partial charge in [0, 0.05) is 77.0 Å². The normalized spacial score (nSPS) is 45.5. The van der Waals surface area contributed by atoms with Gasteiger partial charge in [0.25, 0.3) is 0 Å². The first kappa shape index (κ1) is 59.4.